The second-order valence-electron chi connectivity index (χ2n) is 9.41. The highest BCUT2D eigenvalue weighted by Crippen LogP contribution is 2.40. The molecular formula is C29H29N3O4S3. The number of ether oxygens (including phenoxy) is 1. The maximum Gasteiger partial charge on any atom is 0.341 e. The maximum absolute atomic E-state index is 13.6. The molecule has 0 spiro atoms. The molecule has 202 valence electrons. The number of amides is 1. The highest BCUT2D eigenvalue weighted by molar-refractivity contribution is 7.99. The van der Waals surface area contributed by atoms with Crippen LogP contribution in [0.5, 0.6) is 0 Å². The summed E-state index contributed by atoms with van der Waals surface area (Å²) < 4.78 is 6.87. The van der Waals surface area contributed by atoms with E-state index in [0.29, 0.717) is 31.9 Å². The molecule has 0 radical (unpaired) electrons. The van der Waals surface area contributed by atoms with Crippen LogP contribution in [-0.4, -0.2) is 33.8 Å². The number of fused-ring (bicyclic) bond motifs is 2. The van der Waals surface area contributed by atoms with Crippen LogP contribution in [0.25, 0.3) is 21.3 Å². The van der Waals surface area contributed by atoms with E-state index in [0.717, 1.165) is 40.8 Å². The van der Waals surface area contributed by atoms with Gasteiger partial charge in [0.1, 0.15) is 9.83 Å². The van der Waals surface area contributed by atoms with E-state index in [1.165, 1.54) is 34.4 Å². The molecule has 39 heavy (non-hydrogen) atoms. The molecule has 7 nitrogen and oxygen atoms in total. The van der Waals surface area contributed by atoms with Crippen LogP contribution in [0.4, 0.5) is 5.00 Å². The highest BCUT2D eigenvalue weighted by atomic mass is 32.2. The molecule has 1 amide bonds. The van der Waals surface area contributed by atoms with Gasteiger partial charge in [0, 0.05) is 22.4 Å². The van der Waals surface area contributed by atoms with Gasteiger partial charge in [-0.1, -0.05) is 55.1 Å². The molecule has 1 atom stereocenters. The number of nitrogens with one attached hydrogen (secondary N) is 1. The minimum absolute atomic E-state index is 0.0350. The average molecular weight is 580 g/mol. The van der Waals surface area contributed by atoms with Crippen molar-refractivity contribution in [2.45, 2.75) is 44.8 Å². The molecule has 3 aromatic heterocycles. The number of hydrogen-bond acceptors (Lipinski definition) is 8. The Morgan fingerprint density at radius 2 is 2.10 bits per heavy atom. The Kier molecular flexibility index (Phi) is 8.34. The number of thioether (sulfide) groups is 1. The highest BCUT2D eigenvalue weighted by Gasteiger charge is 2.29. The molecule has 0 unspecified atom stereocenters. The summed E-state index contributed by atoms with van der Waals surface area (Å²) in [4.78, 5) is 46.0. The fraction of sp³-hybridized carbons (Fsp3) is 0.310. The van der Waals surface area contributed by atoms with E-state index < -0.39 is 5.97 Å². The molecule has 5 rings (SSSR count). The number of aromatic nitrogens is 2. The van der Waals surface area contributed by atoms with E-state index in [-0.39, 0.29) is 30.4 Å². The Bertz CT molecular complexity index is 1600. The van der Waals surface area contributed by atoms with Crippen molar-refractivity contribution in [3.05, 3.63) is 74.7 Å². The molecule has 1 N–H and O–H groups in total. The second-order valence-corrected chi connectivity index (χ2v) is 12.3. The zero-order valence-corrected chi connectivity index (χ0v) is 24.3. The first kappa shape index (κ1) is 27.4. The van der Waals surface area contributed by atoms with Crippen molar-refractivity contribution in [2.24, 2.45) is 5.92 Å². The monoisotopic (exact) mass is 579 g/mol. The summed E-state index contributed by atoms with van der Waals surface area (Å²) in [5.41, 5.74) is 3.13. The summed E-state index contributed by atoms with van der Waals surface area (Å²) in [5.74, 6) is -0.0977. The van der Waals surface area contributed by atoms with Gasteiger partial charge in [-0.2, -0.15) is 0 Å². The van der Waals surface area contributed by atoms with Crippen LogP contribution in [0.15, 0.2) is 58.3 Å². The molecular weight excluding hydrogens is 551 g/mol. The predicted octanol–water partition coefficient (Wildman–Crippen LogP) is 6.40. The van der Waals surface area contributed by atoms with Gasteiger partial charge in [-0.05, 0) is 43.2 Å². The summed E-state index contributed by atoms with van der Waals surface area (Å²) in [6, 6.07) is 9.76. The molecule has 0 fully saturated rings. The first-order valence-corrected chi connectivity index (χ1v) is 15.5. The molecule has 0 saturated carbocycles. The van der Waals surface area contributed by atoms with Crippen molar-refractivity contribution in [1.29, 1.82) is 0 Å². The van der Waals surface area contributed by atoms with E-state index >= 15 is 0 Å². The van der Waals surface area contributed by atoms with E-state index in [9.17, 15) is 14.4 Å². The third-order valence-electron chi connectivity index (χ3n) is 6.63. The average Bonchev–Trinajstić information content (AvgIpc) is 3.51. The summed E-state index contributed by atoms with van der Waals surface area (Å²) in [6.07, 6.45) is 4.34. The minimum Gasteiger partial charge on any atom is -0.462 e. The first-order valence-electron chi connectivity index (χ1n) is 12.8. The molecule has 1 aliphatic rings. The normalized spacial score (nSPS) is 14.7. The molecule has 1 aliphatic carbocycles. The smallest absolute Gasteiger partial charge is 0.341 e. The van der Waals surface area contributed by atoms with Gasteiger partial charge in [0.05, 0.1) is 23.3 Å². The van der Waals surface area contributed by atoms with Gasteiger partial charge in [0.25, 0.3) is 5.56 Å². The van der Waals surface area contributed by atoms with Crippen molar-refractivity contribution >= 4 is 61.5 Å². The number of thiophene rings is 2. The second kappa shape index (κ2) is 11.9. The molecule has 0 aliphatic heterocycles. The molecule has 10 heteroatoms. The van der Waals surface area contributed by atoms with Crippen LogP contribution < -0.4 is 10.9 Å². The molecule has 4 aromatic rings. The zero-order chi connectivity index (χ0) is 27.5. The van der Waals surface area contributed by atoms with E-state index in [1.807, 2.05) is 35.7 Å². The molecule has 3 heterocycles. The van der Waals surface area contributed by atoms with Crippen LogP contribution in [0.3, 0.4) is 0 Å². The van der Waals surface area contributed by atoms with Gasteiger partial charge in [0.15, 0.2) is 5.16 Å². The number of anilines is 1. The fourth-order valence-electron chi connectivity index (χ4n) is 4.79. The van der Waals surface area contributed by atoms with Gasteiger partial charge in [0.2, 0.25) is 5.91 Å². The Balaban J connectivity index is 1.40. The van der Waals surface area contributed by atoms with Crippen LogP contribution in [0.1, 0.15) is 41.1 Å². The number of hydrogen-bond donors (Lipinski definition) is 1. The number of benzene rings is 1. The fourth-order valence-corrected chi connectivity index (χ4v) is 8.00. The third kappa shape index (κ3) is 5.59. The standard InChI is InChI=1S/C29H29N3O4S3/c1-4-13-32-27(34)23-20(18-9-7-6-8-10-18)15-37-25(23)31-29(32)38-16-22(33)30-26-24(28(35)36-5-2)19-12-11-17(3)14-21(19)39-26/h4,6-10,15,17H,1,5,11-14,16H2,2-3H3,(H,30,33)/t17-/m1/s1. The van der Waals surface area contributed by atoms with Gasteiger partial charge >= 0.3 is 5.97 Å². The first-order chi connectivity index (χ1) is 18.9. The molecule has 0 bridgehead atoms. The summed E-state index contributed by atoms with van der Waals surface area (Å²) in [7, 11) is 0. The van der Waals surface area contributed by atoms with Gasteiger partial charge in [-0.25, -0.2) is 9.78 Å². The lowest BCUT2D eigenvalue weighted by atomic mass is 9.88. The topological polar surface area (TPSA) is 90.3 Å². The van der Waals surface area contributed by atoms with Crippen molar-refractivity contribution in [2.75, 3.05) is 17.7 Å². The molecule has 0 saturated heterocycles. The lowest BCUT2D eigenvalue weighted by Gasteiger charge is -2.18. The van der Waals surface area contributed by atoms with Gasteiger partial charge in [-0.15, -0.1) is 29.3 Å². The Morgan fingerprint density at radius 1 is 1.31 bits per heavy atom. The van der Waals surface area contributed by atoms with Crippen molar-refractivity contribution < 1.29 is 14.3 Å². The summed E-state index contributed by atoms with van der Waals surface area (Å²) >= 11 is 4.07. The Hall–Kier alpha value is -3.21. The summed E-state index contributed by atoms with van der Waals surface area (Å²) in [6.45, 7) is 8.32. The Labute approximate surface area is 238 Å². The Morgan fingerprint density at radius 3 is 2.85 bits per heavy atom. The number of esters is 1. The number of carbonyl (C=O) groups is 2. The van der Waals surface area contributed by atoms with Crippen molar-refractivity contribution in [3.8, 4) is 11.1 Å². The predicted molar refractivity (Wildman–Crippen MR) is 160 cm³/mol. The van der Waals surface area contributed by atoms with Gasteiger partial charge < -0.3 is 10.1 Å². The number of allylic oxidation sites excluding steroid dienone is 1. The molecule has 1 aromatic carbocycles. The van der Waals surface area contributed by atoms with E-state index in [4.69, 9.17) is 9.72 Å². The maximum atomic E-state index is 13.6. The number of nitrogens with zero attached hydrogens (tertiary/aromatic N) is 2. The lowest BCUT2D eigenvalue weighted by molar-refractivity contribution is -0.113. The third-order valence-corrected chi connectivity index (χ3v) is 9.65. The summed E-state index contributed by atoms with van der Waals surface area (Å²) in [5, 5.41) is 6.45. The number of rotatable bonds is 9. The lowest BCUT2D eigenvalue weighted by Crippen LogP contribution is -2.23. The van der Waals surface area contributed by atoms with Crippen molar-refractivity contribution in [3.63, 3.8) is 0 Å². The van der Waals surface area contributed by atoms with Crippen LogP contribution in [0.2, 0.25) is 0 Å². The van der Waals surface area contributed by atoms with Crippen LogP contribution in [0, 0.1) is 5.92 Å². The number of carbonyl (C=O) groups excluding carboxylic acids is 2. The largest absolute Gasteiger partial charge is 0.462 e. The van der Waals surface area contributed by atoms with Crippen molar-refractivity contribution in [1.82, 2.24) is 9.55 Å². The SMILES string of the molecule is C=CCn1c(SCC(=O)Nc2sc3c(c2C(=O)OCC)CC[C@@H](C)C3)nc2scc(-c3ccccc3)c2c1=O. The van der Waals surface area contributed by atoms with Gasteiger partial charge in [-0.3, -0.25) is 14.2 Å². The zero-order valence-electron chi connectivity index (χ0n) is 21.8. The van der Waals surface area contributed by atoms with Crippen LogP contribution >= 0.6 is 34.4 Å². The van der Waals surface area contributed by atoms with E-state index in [2.05, 4.69) is 18.8 Å². The quantitative estimate of drug-likeness (QED) is 0.107. The van der Waals surface area contributed by atoms with E-state index in [1.54, 1.807) is 17.6 Å². The van der Waals surface area contributed by atoms with Crippen LogP contribution in [-0.2, 0) is 28.9 Å². The minimum atomic E-state index is -0.397.